The molecule has 2 saturated heterocycles. The Morgan fingerprint density at radius 1 is 1.28 bits per heavy atom. The van der Waals surface area contributed by atoms with Crippen molar-refractivity contribution in [1.82, 2.24) is 15.1 Å². The molecule has 1 N–H and O–H groups in total. The van der Waals surface area contributed by atoms with Crippen LogP contribution in [0.5, 0.6) is 0 Å². The van der Waals surface area contributed by atoms with Gasteiger partial charge < -0.3 is 15.0 Å². The van der Waals surface area contributed by atoms with Gasteiger partial charge in [-0.1, -0.05) is 29.8 Å². The number of hydrogen-bond acceptors (Lipinski definition) is 4. The summed E-state index contributed by atoms with van der Waals surface area (Å²) in [6.45, 7) is 5.97. The highest BCUT2D eigenvalue weighted by Gasteiger charge is 2.26. The Hall–Kier alpha value is -1.14. The summed E-state index contributed by atoms with van der Waals surface area (Å²) in [5.41, 5.74) is 1.19. The van der Waals surface area contributed by atoms with Crippen LogP contribution in [0, 0.1) is 5.92 Å². The van der Waals surface area contributed by atoms with Gasteiger partial charge in [-0.15, -0.1) is 0 Å². The van der Waals surface area contributed by atoms with E-state index >= 15 is 0 Å². The average molecular weight is 366 g/mol. The van der Waals surface area contributed by atoms with Gasteiger partial charge in [-0.2, -0.15) is 0 Å². The van der Waals surface area contributed by atoms with Gasteiger partial charge in [-0.25, -0.2) is 0 Å². The number of likely N-dealkylation sites (tertiary alicyclic amines) is 1. The van der Waals surface area contributed by atoms with E-state index in [9.17, 15) is 4.79 Å². The minimum atomic E-state index is -0.320. The van der Waals surface area contributed by atoms with Crippen LogP contribution in [-0.2, 0) is 16.1 Å². The van der Waals surface area contributed by atoms with Gasteiger partial charge >= 0.3 is 0 Å². The highest BCUT2D eigenvalue weighted by Crippen LogP contribution is 2.22. The number of rotatable bonds is 5. The Labute approximate surface area is 155 Å². The number of hydrogen-bond donors (Lipinski definition) is 1. The molecule has 3 rings (SSSR count). The summed E-state index contributed by atoms with van der Waals surface area (Å²) in [5.74, 6) is 0.581. The van der Waals surface area contributed by atoms with Crippen LogP contribution in [0.1, 0.15) is 18.4 Å². The van der Waals surface area contributed by atoms with Crippen molar-refractivity contribution in [3.8, 4) is 0 Å². The normalized spacial score (nSPS) is 23.5. The summed E-state index contributed by atoms with van der Waals surface area (Å²) in [5, 5.41) is 3.93. The van der Waals surface area contributed by atoms with E-state index in [2.05, 4.69) is 21.2 Å². The first-order chi connectivity index (χ1) is 12.1. The summed E-state index contributed by atoms with van der Waals surface area (Å²) >= 11 is 6.25. The van der Waals surface area contributed by atoms with Gasteiger partial charge in [0.15, 0.2) is 0 Å². The number of likely N-dealkylation sites (N-methyl/N-ethyl adjacent to an activating group) is 1. The maximum Gasteiger partial charge on any atom is 0.250 e. The Morgan fingerprint density at radius 2 is 2.04 bits per heavy atom. The molecule has 0 aliphatic carbocycles. The average Bonchev–Trinajstić information content (AvgIpc) is 2.63. The minimum Gasteiger partial charge on any atom is -0.366 e. The number of ether oxygens (including phenoxy) is 1. The van der Waals surface area contributed by atoms with Gasteiger partial charge in [0.2, 0.25) is 5.91 Å². The molecule has 6 heteroatoms. The Kier molecular flexibility index (Phi) is 6.70. The summed E-state index contributed by atoms with van der Waals surface area (Å²) in [6.07, 6.45) is 1.89. The molecule has 2 fully saturated rings. The molecule has 0 radical (unpaired) electrons. The predicted octanol–water partition coefficient (Wildman–Crippen LogP) is 2.00. The monoisotopic (exact) mass is 365 g/mol. The molecule has 25 heavy (non-hydrogen) atoms. The van der Waals surface area contributed by atoms with Crippen LogP contribution >= 0.6 is 11.6 Å². The molecule has 1 unspecified atom stereocenters. The molecule has 0 spiro atoms. The molecule has 1 aromatic carbocycles. The molecule has 1 amide bonds. The topological polar surface area (TPSA) is 44.8 Å². The fraction of sp³-hybridized carbons (Fsp3) is 0.632. The third-order valence-corrected chi connectivity index (χ3v) is 5.55. The first-order valence-electron chi connectivity index (χ1n) is 9.15. The van der Waals surface area contributed by atoms with E-state index in [1.807, 2.05) is 25.2 Å². The largest absolute Gasteiger partial charge is 0.366 e. The smallest absolute Gasteiger partial charge is 0.250 e. The second-order valence-electron chi connectivity index (χ2n) is 7.18. The molecule has 2 aliphatic heterocycles. The fourth-order valence-corrected chi connectivity index (χ4v) is 3.71. The van der Waals surface area contributed by atoms with Crippen molar-refractivity contribution < 1.29 is 9.53 Å². The lowest BCUT2D eigenvalue weighted by Gasteiger charge is -2.33. The third-order valence-electron chi connectivity index (χ3n) is 5.19. The number of carbonyl (C=O) groups is 1. The molecule has 0 bridgehead atoms. The van der Waals surface area contributed by atoms with E-state index in [1.54, 1.807) is 0 Å². The molecule has 0 aromatic heterocycles. The van der Waals surface area contributed by atoms with Crippen LogP contribution in [0.2, 0.25) is 5.02 Å². The van der Waals surface area contributed by atoms with Gasteiger partial charge in [-0.05, 0) is 50.5 Å². The number of nitrogens with one attached hydrogen (secondary N) is 1. The van der Waals surface area contributed by atoms with Crippen LogP contribution in [-0.4, -0.2) is 68.2 Å². The number of benzene rings is 1. The number of halogens is 1. The number of nitrogens with zero attached hydrogens (tertiary/aromatic N) is 2. The van der Waals surface area contributed by atoms with Crippen molar-refractivity contribution in [2.24, 2.45) is 5.92 Å². The maximum atomic E-state index is 12.2. The fourth-order valence-electron chi connectivity index (χ4n) is 3.51. The predicted molar refractivity (Wildman–Crippen MR) is 99.7 cm³/mol. The van der Waals surface area contributed by atoms with Gasteiger partial charge in [0.25, 0.3) is 0 Å². The first kappa shape index (κ1) is 18.6. The molecule has 138 valence electrons. The lowest BCUT2D eigenvalue weighted by Crippen LogP contribution is -2.49. The van der Waals surface area contributed by atoms with Crippen molar-refractivity contribution in [3.63, 3.8) is 0 Å². The zero-order valence-electron chi connectivity index (χ0n) is 14.9. The molecule has 5 nitrogen and oxygen atoms in total. The molecule has 1 atom stereocenters. The van der Waals surface area contributed by atoms with Crippen molar-refractivity contribution in [2.45, 2.75) is 25.5 Å². The minimum absolute atomic E-state index is 0.0325. The van der Waals surface area contributed by atoms with E-state index in [1.165, 1.54) is 5.56 Å². The standard InChI is InChI=1S/C19H28ClN3O2/c1-22-10-11-25-18(14-22)19(24)21-12-15-6-8-23(9-7-15)13-16-4-2-3-5-17(16)20/h2-5,15,18H,6-14H2,1H3,(H,21,24). The quantitative estimate of drug-likeness (QED) is 0.866. The third kappa shape index (κ3) is 5.42. The van der Waals surface area contributed by atoms with Crippen molar-refractivity contribution >= 4 is 17.5 Å². The van der Waals surface area contributed by atoms with Crippen molar-refractivity contribution in [3.05, 3.63) is 34.9 Å². The number of piperidine rings is 1. The molecule has 2 aliphatic rings. The first-order valence-corrected chi connectivity index (χ1v) is 9.53. The number of morpholine rings is 1. The zero-order valence-corrected chi connectivity index (χ0v) is 15.7. The molecule has 2 heterocycles. The number of amides is 1. The zero-order chi connectivity index (χ0) is 17.6. The van der Waals surface area contributed by atoms with Crippen LogP contribution < -0.4 is 5.32 Å². The van der Waals surface area contributed by atoms with E-state index in [-0.39, 0.29) is 12.0 Å². The van der Waals surface area contributed by atoms with E-state index in [4.69, 9.17) is 16.3 Å². The molecule has 0 saturated carbocycles. The van der Waals surface area contributed by atoms with E-state index in [0.29, 0.717) is 19.1 Å². The summed E-state index contributed by atoms with van der Waals surface area (Å²) < 4.78 is 5.57. The van der Waals surface area contributed by atoms with Crippen LogP contribution in [0.15, 0.2) is 24.3 Å². The highest BCUT2D eigenvalue weighted by atomic mass is 35.5. The van der Waals surface area contributed by atoms with Crippen molar-refractivity contribution in [1.29, 1.82) is 0 Å². The lowest BCUT2D eigenvalue weighted by molar-refractivity contribution is -0.138. The van der Waals surface area contributed by atoms with Crippen LogP contribution in [0.25, 0.3) is 0 Å². The van der Waals surface area contributed by atoms with Crippen LogP contribution in [0.3, 0.4) is 0 Å². The van der Waals surface area contributed by atoms with Crippen LogP contribution in [0.4, 0.5) is 0 Å². The Balaban J connectivity index is 1.38. The van der Waals surface area contributed by atoms with E-state index < -0.39 is 0 Å². The summed E-state index contributed by atoms with van der Waals surface area (Å²) in [4.78, 5) is 16.8. The summed E-state index contributed by atoms with van der Waals surface area (Å²) in [7, 11) is 2.03. The molecule has 1 aromatic rings. The van der Waals surface area contributed by atoms with Gasteiger partial charge in [0, 0.05) is 31.2 Å². The Bertz CT molecular complexity index is 576. The number of carbonyl (C=O) groups excluding carboxylic acids is 1. The van der Waals surface area contributed by atoms with Gasteiger partial charge in [0.05, 0.1) is 6.61 Å². The Morgan fingerprint density at radius 3 is 2.76 bits per heavy atom. The van der Waals surface area contributed by atoms with E-state index in [0.717, 1.165) is 50.6 Å². The van der Waals surface area contributed by atoms with Crippen molar-refractivity contribution in [2.75, 3.05) is 46.4 Å². The second-order valence-corrected chi connectivity index (χ2v) is 7.58. The SMILES string of the molecule is CN1CCOC(C(=O)NCC2CCN(Cc3ccccc3Cl)CC2)C1. The molecular formula is C19H28ClN3O2. The maximum absolute atomic E-state index is 12.2. The molecular weight excluding hydrogens is 338 g/mol. The van der Waals surface area contributed by atoms with Gasteiger partial charge in [0.1, 0.15) is 6.10 Å². The highest BCUT2D eigenvalue weighted by molar-refractivity contribution is 6.31. The lowest BCUT2D eigenvalue weighted by atomic mass is 9.96. The second kappa shape index (κ2) is 8.99. The summed E-state index contributed by atoms with van der Waals surface area (Å²) in [6, 6.07) is 8.04. The van der Waals surface area contributed by atoms with Gasteiger partial charge in [-0.3, -0.25) is 9.69 Å².